The zero-order valence-corrected chi connectivity index (χ0v) is 15.8. The molecule has 0 unspecified atom stereocenters. The van der Waals surface area contributed by atoms with Crippen LogP contribution in [0.5, 0.6) is 0 Å². The molecular weight excluding hydrogens is 372 g/mol. The van der Waals surface area contributed by atoms with E-state index in [1.165, 1.54) is 26.4 Å². The summed E-state index contributed by atoms with van der Waals surface area (Å²) >= 11 is 0. The molecule has 0 saturated carbocycles. The molecule has 146 valence electrons. The third-order valence-corrected chi connectivity index (χ3v) is 4.00. The van der Waals surface area contributed by atoms with Crippen LogP contribution in [0.2, 0.25) is 0 Å². The number of benzene rings is 2. The number of aromatic nitrogens is 2. The fourth-order valence-electron chi connectivity index (χ4n) is 2.47. The molecule has 1 amide bonds. The van der Waals surface area contributed by atoms with E-state index in [1.807, 2.05) is 0 Å². The topological polar surface area (TPSA) is 110 Å². The van der Waals surface area contributed by atoms with Crippen molar-refractivity contribution in [2.75, 3.05) is 17.7 Å². The maximum Gasteiger partial charge on any atom is 0.337 e. The lowest BCUT2D eigenvalue weighted by Crippen LogP contribution is -2.13. The summed E-state index contributed by atoms with van der Waals surface area (Å²) in [7, 11) is 1.32. The van der Waals surface area contributed by atoms with Crippen molar-refractivity contribution >= 4 is 35.0 Å². The Labute approximate surface area is 167 Å². The molecule has 0 spiro atoms. The minimum atomic E-state index is -0.419. The number of Topliss-reactive ketones (excluding diaryl/α,β-unsaturated/α-hetero) is 1. The summed E-state index contributed by atoms with van der Waals surface area (Å²) in [4.78, 5) is 43.5. The van der Waals surface area contributed by atoms with Crippen LogP contribution >= 0.6 is 0 Å². The molecule has 0 aliphatic heterocycles. The molecule has 3 rings (SSSR count). The minimum absolute atomic E-state index is 0.0838. The van der Waals surface area contributed by atoms with E-state index in [9.17, 15) is 14.4 Å². The van der Waals surface area contributed by atoms with Gasteiger partial charge in [0.15, 0.2) is 5.78 Å². The van der Waals surface area contributed by atoms with E-state index < -0.39 is 5.97 Å². The first-order valence-corrected chi connectivity index (χ1v) is 8.66. The summed E-state index contributed by atoms with van der Waals surface area (Å²) < 4.78 is 4.65. The van der Waals surface area contributed by atoms with Gasteiger partial charge < -0.3 is 15.4 Å². The summed E-state index contributed by atoms with van der Waals surface area (Å²) in [6.07, 6.45) is 2.78. The van der Waals surface area contributed by atoms with Crippen molar-refractivity contribution in [1.82, 2.24) is 9.97 Å². The Morgan fingerprint density at radius 3 is 2.17 bits per heavy atom. The highest BCUT2D eigenvalue weighted by atomic mass is 16.5. The number of carbonyl (C=O) groups excluding carboxylic acids is 3. The molecule has 2 aromatic carbocycles. The maximum atomic E-state index is 12.4. The molecule has 29 heavy (non-hydrogen) atoms. The number of methoxy groups -OCH3 is 1. The second kappa shape index (κ2) is 8.75. The Morgan fingerprint density at radius 1 is 0.862 bits per heavy atom. The molecule has 0 aliphatic carbocycles. The van der Waals surface area contributed by atoms with Gasteiger partial charge in [0.05, 0.1) is 18.2 Å². The van der Waals surface area contributed by atoms with Crippen molar-refractivity contribution in [2.45, 2.75) is 6.92 Å². The number of carbonyl (C=O) groups is 3. The Kier molecular flexibility index (Phi) is 5.94. The molecule has 0 atom stereocenters. The first kappa shape index (κ1) is 19.7. The van der Waals surface area contributed by atoms with E-state index >= 15 is 0 Å². The average molecular weight is 390 g/mol. The van der Waals surface area contributed by atoms with Crippen LogP contribution < -0.4 is 10.6 Å². The number of hydrogen-bond acceptors (Lipinski definition) is 7. The van der Waals surface area contributed by atoms with E-state index in [0.29, 0.717) is 28.5 Å². The summed E-state index contributed by atoms with van der Waals surface area (Å²) in [6, 6.07) is 13.3. The molecule has 8 heteroatoms. The van der Waals surface area contributed by atoms with Crippen LogP contribution in [-0.2, 0) is 4.74 Å². The SMILES string of the molecule is COC(=O)c1ccc(Nc2ncc(C(=O)Nc3cccc(C(C)=O)c3)cn2)cc1. The van der Waals surface area contributed by atoms with Gasteiger partial charge in [-0.05, 0) is 43.3 Å². The van der Waals surface area contributed by atoms with Crippen molar-refractivity contribution in [3.63, 3.8) is 0 Å². The number of ether oxygens (including phenoxy) is 1. The monoisotopic (exact) mass is 390 g/mol. The normalized spacial score (nSPS) is 10.1. The van der Waals surface area contributed by atoms with Gasteiger partial charge >= 0.3 is 5.97 Å². The highest BCUT2D eigenvalue weighted by Crippen LogP contribution is 2.16. The van der Waals surface area contributed by atoms with Crippen molar-refractivity contribution in [3.8, 4) is 0 Å². The second-order valence-corrected chi connectivity index (χ2v) is 6.08. The van der Waals surface area contributed by atoms with E-state index in [2.05, 4.69) is 25.3 Å². The van der Waals surface area contributed by atoms with E-state index in [0.717, 1.165) is 0 Å². The van der Waals surface area contributed by atoms with Crippen molar-refractivity contribution in [2.24, 2.45) is 0 Å². The number of nitrogens with zero attached hydrogens (tertiary/aromatic N) is 2. The second-order valence-electron chi connectivity index (χ2n) is 6.08. The standard InChI is InChI=1S/C21H18N4O4/c1-13(26)15-4-3-5-18(10-15)24-19(27)16-11-22-21(23-12-16)25-17-8-6-14(7-9-17)20(28)29-2/h3-12H,1-2H3,(H,24,27)(H,22,23,25). The van der Waals surface area contributed by atoms with Crippen LogP contribution in [0.15, 0.2) is 60.9 Å². The quantitative estimate of drug-likeness (QED) is 0.490. The van der Waals surface area contributed by atoms with E-state index in [-0.39, 0.29) is 17.3 Å². The Bertz CT molecular complexity index is 1050. The van der Waals surface area contributed by atoms with Crippen LogP contribution in [0.25, 0.3) is 0 Å². The fourth-order valence-corrected chi connectivity index (χ4v) is 2.47. The molecule has 2 N–H and O–H groups in total. The van der Waals surface area contributed by atoms with Crippen LogP contribution in [0.4, 0.5) is 17.3 Å². The molecule has 0 aliphatic rings. The van der Waals surface area contributed by atoms with E-state index in [4.69, 9.17) is 0 Å². The van der Waals surface area contributed by atoms with Crippen LogP contribution in [0, 0.1) is 0 Å². The highest BCUT2D eigenvalue weighted by Gasteiger charge is 2.10. The molecule has 3 aromatic rings. The first-order valence-electron chi connectivity index (χ1n) is 8.66. The number of esters is 1. The fraction of sp³-hybridized carbons (Fsp3) is 0.0952. The number of ketones is 1. The number of amides is 1. The molecule has 1 heterocycles. The van der Waals surface area contributed by atoms with Crippen molar-refractivity contribution < 1.29 is 19.1 Å². The van der Waals surface area contributed by atoms with Gasteiger partial charge in [-0.1, -0.05) is 12.1 Å². The molecule has 1 aromatic heterocycles. The van der Waals surface area contributed by atoms with Gasteiger partial charge in [0, 0.05) is 29.3 Å². The Balaban J connectivity index is 1.65. The Morgan fingerprint density at radius 2 is 1.55 bits per heavy atom. The van der Waals surface area contributed by atoms with Gasteiger partial charge in [0.25, 0.3) is 5.91 Å². The minimum Gasteiger partial charge on any atom is -0.465 e. The molecular formula is C21H18N4O4. The molecule has 0 saturated heterocycles. The number of hydrogen-bond donors (Lipinski definition) is 2. The smallest absolute Gasteiger partial charge is 0.337 e. The molecule has 8 nitrogen and oxygen atoms in total. The highest BCUT2D eigenvalue weighted by molar-refractivity contribution is 6.04. The lowest BCUT2D eigenvalue weighted by molar-refractivity contribution is 0.0600. The molecule has 0 fully saturated rings. The first-order chi connectivity index (χ1) is 14.0. The summed E-state index contributed by atoms with van der Waals surface area (Å²) in [5, 5.41) is 5.69. The third kappa shape index (κ3) is 5.01. The number of anilines is 3. The number of rotatable bonds is 6. The van der Waals surface area contributed by atoms with Gasteiger partial charge in [-0.3, -0.25) is 9.59 Å². The van der Waals surface area contributed by atoms with Gasteiger partial charge in [0.2, 0.25) is 5.95 Å². The third-order valence-electron chi connectivity index (χ3n) is 4.00. The molecule has 0 radical (unpaired) electrons. The largest absolute Gasteiger partial charge is 0.465 e. The number of nitrogens with one attached hydrogen (secondary N) is 2. The summed E-state index contributed by atoms with van der Waals surface area (Å²) in [5.41, 5.74) is 2.40. The zero-order chi connectivity index (χ0) is 20.8. The lowest BCUT2D eigenvalue weighted by Gasteiger charge is -2.08. The van der Waals surface area contributed by atoms with Gasteiger partial charge in [-0.2, -0.15) is 0 Å². The van der Waals surface area contributed by atoms with Crippen LogP contribution in [-0.4, -0.2) is 34.7 Å². The van der Waals surface area contributed by atoms with E-state index in [1.54, 1.807) is 48.5 Å². The van der Waals surface area contributed by atoms with Crippen LogP contribution in [0.1, 0.15) is 38.0 Å². The van der Waals surface area contributed by atoms with Gasteiger partial charge in [-0.25, -0.2) is 14.8 Å². The lowest BCUT2D eigenvalue weighted by atomic mass is 10.1. The zero-order valence-electron chi connectivity index (χ0n) is 15.8. The summed E-state index contributed by atoms with van der Waals surface area (Å²) in [6.45, 7) is 1.46. The molecule has 0 bridgehead atoms. The average Bonchev–Trinajstić information content (AvgIpc) is 2.74. The predicted octanol–water partition coefficient (Wildman–Crippen LogP) is 3.46. The van der Waals surface area contributed by atoms with Crippen molar-refractivity contribution in [3.05, 3.63) is 77.6 Å². The predicted molar refractivity (Wildman–Crippen MR) is 107 cm³/mol. The van der Waals surface area contributed by atoms with Crippen molar-refractivity contribution in [1.29, 1.82) is 0 Å². The maximum absolute atomic E-state index is 12.4. The van der Waals surface area contributed by atoms with Gasteiger partial charge in [-0.15, -0.1) is 0 Å². The van der Waals surface area contributed by atoms with Gasteiger partial charge in [0.1, 0.15) is 0 Å². The Hall–Kier alpha value is -4.07. The summed E-state index contributed by atoms with van der Waals surface area (Å²) in [5.74, 6) is -0.595. The van der Waals surface area contributed by atoms with Crippen LogP contribution in [0.3, 0.4) is 0 Å².